The highest BCUT2D eigenvalue weighted by Crippen LogP contribution is 2.37. The summed E-state index contributed by atoms with van der Waals surface area (Å²) in [6, 6.07) is 5.17. The average molecular weight is 585 g/mol. The number of hydrogen-bond acceptors (Lipinski definition) is 7. The van der Waals surface area contributed by atoms with Gasteiger partial charge in [-0.05, 0) is 76.5 Å². The normalized spacial score (nSPS) is 13.2. The monoisotopic (exact) mass is 584 g/mol. The lowest BCUT2D eigenvalue weighted by atomic mass is 10.1. The van der Waals surface area contributed by atoms with Gasteiger partial charge in [-0.3, -0.25) is 4.68 Å². The number of rotatable bonds is 10. The lowest BCUT2D eigenvalue weighted by Gasteiger charge is -2.36. The van der Waals surface area contributed by atoms with Crippen molar-refractivity contribution in [1.82, 2.24) is 14.8 Å². The topological polar surface area (TPSA) is 109 Å². The van der Waals surface area contributed by atoms with E-state index < -0.39 is 37.8 Å². The van der Waals surface area contributed by atoms with E-state index in [1.807, 2.05) is 0 Å². The Labute approximate surface area is 236 Å². The molecule has 1 aromatic carbocycles. The Morgan fingerprint density at radius 1 is 1.18 bits per heavy atom. The van der Waals surface area contributed by atoms with Crippen molar-refractivity contribution in [3.05, 3.63) is 40.8 Å². The first-order valence-electron chi connectivity index (χ1n) is 13.0. The maximum absolute atomic E-state index is 13.8. The first-order chi connectivity index (χ1) is 17.9. The Morgan fingerprint density at radius 2 is 1.82 bits per heavy atom. The molecule has 0 bridgehead atoms. The Bertz CT molecular complexity index is 1160. The summed E-state index contributed by atoms with van der Waals surface area (Å²) in [5.41, 5.74) is 0.309. The third kappa shape index (κ3) is 9.02. The van der Waals surface area contributed by atoms with Gasteiger partial charge in [-0.2, -0.15) is 5.10 Å². The molecule has 1 heterocycles. The number of hydrogen-bond donors (Lipinski definition) is 1. The van der Waals surface area contributed by atoms with Crippen LogP contribution in [0.15, 0.2) is 24.3 Å². The third-order valence-corrected chi connectivity index (χ3v) is 11.4. The first kappa shape index (κ1) is 32.7. The summed E-state index contributed by atoms with van der Waals surface area (Å²) in [6.07, 6.45) is -0.325. The van der Waals surface area contributed by atoms with Crippen LogP contribution in [0, 0.1) is 5.82 Å². The molecule has 0 spiro atoms. The zero-order chi connectivity index (χ0) is 29.8. The van der Waals surface area contributed by atoms with Crippen molar-refractivity contribution in [3.8, 4) is 11.3 Å². The molecule has 1 atom stereocenters. The van der Waals surface area contributed by atoms with Crippen molar-refractivity contribution >= 4 is 32.0 Å². The number of carbonyl (C=O) groups is 2. The Morgan fingerprint density at radius 3 is 2.36 bits per heavy atom. The summed E-state index contributed by atoms with van der Waals surface area (Å²) in [6.45, 7) is 18.2. The highest BCUT2D eigenvalue weighted by atomic mass is 35.5. The summed E-state index contributed by atoms with van der Waals surface area (Å²) in [5, 5.41) is 5.55. The van der Waals surface area contributed by atoms with Crippen LogP contribution < -0.4 is 5.84 Å². The fourth-order valence-corrected chi connectivity index (χ4v) is 4.65. The average Bonchev–Trinajstić information content (AvgIpc) is 3.24. The predicted molar refractivity (Wildman–Crippen MR) is 153 cm³/mol. The van der Waals surface area contributed by atoms with Crippen LogP contribution in [-0.4, -0.2) is 60.5 Å². The molecule has 12 heteroatoms. The molecule has 0 saturated carbocycles. The van der Waals surface area contributed by atoms with E-state index >= 15 is 0 Å². The van der Waals surface area contributed by atoms with Crippen LogP contribution in [-0.2, 0) is 13.9 Å². The summed E-state index contributed by atoms with van der Waals surface area (Å²) in [7, 11) is -2.08. The highest BCUT2D eigenvalue weighted by Gasteiger charge is 2.37. The molecular weight excluding hydrogens is 543 g/mol. The van der Waals surface area contributed by atoms with Crippen LogP contribution in [0.5, 0.6) is 0 Å². The summed E-state index contributed by atoms with van der Waals surface area (Å²) in [5.74, 6) is 4.97. The molecule has 0 aliphatic heterocycles. The number of benzene rings is 1. The zero-order valence-corrected chi connectivity index (χ0v) is 26.2. The second-order valence-corrected chi connectivity index (χ2v) is 17.1. The van der Waals surface area contributed by atoms with Crippen molar-refractivity contribution in [1.29, 1.82) is 0 Å². The molecule has 0 aliphatic rings. The van der Waals surface area contributed by atoms with Gasteiger partial charge in [0.25, 0.3) is 0 Å². The van der Waals surface area contributed by atoms with E-state index in [9.17, 15) is 14.0 Å². The van der Waals surface area contributed by atoms with Gasteiger partial charge < -0.3 is 13.9 Å². The number of ether oxygens (including phenoxy) is 2. The number of halogens is 2. The number of esters is 1. The van der Waals surface area contributed by atoms with Crippen molar-refractivity contribution in [3.63, 3.8) is 0 Å². The molecule has 2 N–H and O–H groups in total. The molecule has 2 rings (SSSR count). The number of carbonyl (C=O) groups excluding carboxylic acids is 2. The number of nitrogens with zero attached hydrogens (tertiary/aromatic N) is 3. The quantitative estimate of drug-likeness (QED) is 0.110. The molecule has 0 aliphatic carbocycles. The Balaban J connectivity index is 2.51. The van der Waals surface area contributed by atoms with Gasteiger partial charge in [0.1, 0.15) is 17.1 Å². The standard InChI is InChI=1S/C27H42ClFN4O5Si/c1-10-36-24(34)23-16-22(18-11-12-21(29)20(28)15-18)31-33(23)19(13-14-37-39(8,9)27(5,6)7)17-32(30)25(35)38-26(2,3)4/h11-12,15-16,19H,10,13-14,17,30H2,1-9H3. The maximum Gasteiger partial charge on any atom is 0.424 e. The lowest BCUT2D eigenvalue weighted by Crippen LogP contribution is -2.45. The smallest absolute Gasteiger partial charge is 0.424 e. The summed E-state index contributed by atoms with van der Waals surface area (Å²) < 4.78 is 32.4. The van der Waals surface area contributed by atoms with Gasteiger partial charge in [0.05, 0.1) is 29.9 Å². The maximum atomic E-state index is 13.8. The van der Waals surface area contributed by atoms with Crippen molar-refractivity contribution in [2.24, 2.45) is 5.84 Å². The minimum absolute atomic E-state index is 0.00424. The molecule has 9 nitrogen and oxygen atoms in total. The second kappa shape index (κ2) is 12.8. The minimum Gasteiger partial charge on any atom is -0.461 e. The molecule has 1 aromatic heterocycles. The van der Waals surface area contributed by atoms with E-state index in [2.05, 4.69) is 39.0 Å². The second-order valence-electron chi connectivity index (χ2n) is 11.9. The van der Waals surface area contributed by atoms with Gasteiger partial charge in [-0.25, -0.2) is 24.8 Å². The van der Waals surface area contributed by atoms with Crippen LogP contribution >= 0.6 is 11.6 Å². The Kier molecular flexibility index (Phi) is 10.7. The van der Waals surface area contributed by atoms with E-state index in [0.29, 0.717) is 24.3 Å². The molecule has 39 heavy (non-hydrogen) atoms. The largest absolute Gasteiger partial charge is 0.461 e. The van der Waals surface area contributed by atoms with Gasteiger partial charge in [-0.1, -0.05) is 32.4 Å². The van der Waals surface area contributed by atoms with E-state index in [0.717, 1.165) is 5.01 Å². The van der Waals surface area contributed by atoms with Crippen LogP contribution in [0.3, 0.4) is 0 Å². The molecular formula is C27H42ClFN4O5Si. The van der Waals surface area contributed by atoms with Crippen LogP contribution in [0.2, 0.25) is 23.2 Å². The van der Waals surface area contributed by atoms with Crippen molar-refractivity contribution < 1.29 is 27.9 Å². The first-order valence-corrected chi connectivity index (χ1v) is 16.3. The van der Waals surface area contributed by atoms with Gasteiger partial charge in [0.2, 0.25) is 0 Å². The minimum atomic E-state index is -2.08. The van der Waals surface area contributed by atoms with Gasteiger partial charge in [-0.15, -0.1) is 0 Å². The highest BCUT2D eigenvalue weighted by molar-refractivity contribution is 6.74. The number of nitrogens with two attached hydrogens (primary N) is 1. The number of aromatic nitrogens is 2. The van der Waals surface area contributed by atoms with E-state index in [-0.39, 0.29) is 28.9 Å². The lowest BCUT2D eigenvalue weighted by molar-refractivity contribution is 0.0209. The van der Waals surface area contributed by atoms with E-state index in [4.69, 9.17) is 31.3 Å². The summed E-state index contributed by atoms with van der Waals surface area (Å²) >= 11 is 6.00. The van der Waals surface area contributed by atoms with Gasteiger partial charge >= 0.3 is 12.1 Å². The van der Waals surface area contributed by atoms with E-state index in [1.165, 1.54) is 22.9 Å². The molecule has 218 valence electrons. The molecule has 2 aromatic rings. The van der Waals surface area contributed by atoms with Gasteiger partial charge in [0, 0.05) is 12.2 Å². The molecule has 1 amide bonds. The Hall–Kier alpha value is -2.47. The van der Waals surface area contributed by atoms with Crippen LogP contribution in [0.1, 0.15) is 71.4 Å². The molecule has 0 fully saturated rings. The zero-order valence-electron chi connectivity index (χ0n) is 24.4. The third-order valence-electron chi connectivity index (χ3n) is 6.54. The number of amides is 1. The molecule has 1 unspecified atom stereocenters. The molecule has 0 radical (unpaired) electrons. The summed E-state index contributed by atoms with van der Waals surface area (Å²) in [4.78, 5) is 25.7. The van der Waals surface area contributed by atoms with Crippen molar-refractivity contribution in [2.45, 2.75) is 84.7 Å². The van der Waals surface area contributed by atoms with Crippen LogP contribution in [0.4, 0.5) is 9.18 Å². The number of hydrazine groups is 1. The fourth-order valence-electron chi connectivity index (χ4n) is 3.41. The molecule has 0 saturated heterocycles. The predicted octanol–water partition coefficient (Wildman–Crippen LogP) is 6.58. The SMILES string of the molecule is CCOC(=O)c1cc(-c2ccc(F)c(Cl)c2)nn1C(CCO[Si](C)(C)C(C)(C)C)CN(N)C(=O)OC(C)(C)C. The van der Waals surface area contributed by atoms with Crippen LogP contribution in [0.25, 0.3) is 11.3 Å². The van der Waals surface area contributed by atoms with E-state index in [1.54, 1.807) is 33.8 Å². The fraction of sp³-hybridized carbons (Fsp3) is 0.593. The van der Waals surface area contributed by atoms with Gasteiger partial charge in [0.15, 0.2) is 8.32 Å². The van der Waals surface area contributed by atoms with Crippen molar-refractivity contribution in [2.75, 3.05) is 19.8 Å².